The van der Waals surface area contributed by atoms with Crippen molar-refractivity contribution in [2.75, 3.05) is 26.3 Å². The Morgan fingerprint density at radius 1 is 1.19 bits per heavy atom. The number of rotatable bonds is 4. The van der Waals surface area contributed by atoms with Gasteiger partial charge in [-0.25, -0.2) is 4.98 Å². The summed E-state index contributed by atoms with van der Waals surface area (Å²) in [7, 11) is 0. The smallest absolute Gasteiger partial charge is 0.257 e. The Morgan fingerprint density at radius 2 is 1.96 bits per heavy atom. The fourth-order valence-electron chi connectivity index (χ4n) is 3.76. The number of pyridine rings is 1. The van der Waals surface area contributed by atoms with Gasteiger partial charge in [-0.1, -0.05) is 24.3 Å². The van der Waals surface area contributed by atoms with Crippen LogP contribution in [0.2, 0.25) is 0 Å². The summed E-state index contributed by atoms with van der Waals surface area (Å²) < 4.78 is 11.7. The van der Waals surface area contributed by atoms with Gasteiger partial charge in [-0.3, -0.25) is 4.79 Å². The van der Waals surface area contributed by atoms with Crippen molar-refractivity contribution in [3.8, 4) is 11.6 Å². The Balaban J connectivity index is 1.33. The number of fused-ring (bicyclic) bond motifs is 1. The molecule has 27 heavy (non-hydrogen) atoms. The van der Waals surface area contributed by atoms with Crippen LogP contribution in [0.5, 0.6) is 11.6 Å². The van der Waals surface area contributed by atoms with Crippen molar-refractivity contribution in [2.45, 2.75) is 25.4 Å². The van der Waals surface area contributed by atoms with Crippen molar-refractivity contribution in [1.82, 2.24) is 9.88 Å². The van der Waals surface area contributed by atoms with Crippen molar-refractivity contribution in [2.24, 2.45) is 5.92 Å². The maximum Gasteiger partial charge on any atom is 0.257 e. The maximum atomic E-state index is 11.5. The SMILES string of the molecule is O=C(CO)N1CCC(Cc2ccc([C@H]3COc4cccnc4O3)cc2)CC1. The lowest BCUT2D eigenvalue weighted by Crippen LogP contribution is -2.40. The van der Waals surface area contributed by atoms with E-state index in [9.17, 15) is 4.79 Å². The first kappa shape index (κ1) is 17.8. The number of carbonyl (C=O) groups excluding carboxylic acids is 1. The molecule has 1 fully saturated rings. The molecule has 2 aliphatic rings. The van der Waals surface area contributed by atoms with Gasteiger partial charge in [-0.15, -0.1) is 0 Å². The second-order valence-electron chi connectivity index (χ2n) is 7.15. The molecule has 0 spiro atoms. The largest absolute Gasteiger partial charge is 0.484 e. The van der Waals surface area contributed by atoms with E-state index in [1.54, 1.807) is 11.1 Å². The lowest BCUT2D eigenvalue weighted by molar-refractivity contribution is -0.135. The maximum absolute atomic E-state index is 11.5. The van der Waals surface area contributed by atoms with Crippen LogP contribution in [0.3, 0.4) is 0 Å². The predicted octanol–water partition coefficient (Wildman–Crippen LogP) is 2.37. The van der Waals surface area contributed by atoms with Gasteiger partial charge in [0.05, 0.1) is 0 Å². The molecule has 6 heteroatoms. The summed E-state index contributed by atoms with van der Waals surface area (Å²) in [5, 5.41) is 8.96. The van der Waals surface area contributed by atoms with Gasteiger partial charge >= 0.3 is 0 Å². The Bertz CT molecular complexity index is 785. The zero-order valence-electron chi connectivity index (χ0n) is 15.2. The molecule has 0 radical (unpaired) electrons. The summed E-state index contributed by atoms with van der Waals surface area (Å²) in [5.41, 5.74) is 2.37. The number of nitrogens with zero attached hydrogens (tertiary/aromatic N) is 2. The van der Waals surface area contributed by atoms with E-state index in [2.05, 4.69) is 29.2 Å². The molecule has 1 aromatic heterocycles. The third-order valence-electron chi connectivity index (χ3n) is 5.36. The van der Waals surface area contributed by atoms with Crippen molar-refractivity contribution < 1.29 is 19.4 Å². The van der Waals surface area contributed by atoms with Gasteiger partial charge in [-0.2, -0.15) is 0 Å². The Labute approximate surface area is 158 Å². The molecule has 0 unspecified atom stereocenters. The third kappa shape index (κ3) is 4.06. The summed E-state index contributed by atoms with van der Waals surface area (Å²) >= 11 is 0. The van der Waals surface area contributed by atoms with E-state index in [-0.39, 0.29) is 18.6 Å². The molecule has 6 nitrogen and oxygen atoms in total. The number of aliphatic hydroxyl groups is 1. The van der Waals surface area contributed by atoms with E-state index in [1.165, 1.54) is 5.56 Å². The fourth-order valence-corrected chi connectivity index (χ4v) is 3.76. The van der Waals surface area contributed by atoms with Crippen LogP contribution >= 0.6 is 0 Å². The van der Waals surface area contributed by atoms with Gasteiger partial charge in [0.1, 0.15) is 13.2 Å². The highest BCUT2D eigenvalue weighted by molar-refractivity contribution is 5.77. The predicted molar refractivity (Wildman–Crippen MR) is 99.6 cm³/mol. The molecular formula is C21H24N2O4. The lowest BCUT2D eigenvalue weighted by atomic mass is 9.89. The number of carbonyl (C=O) groups is 1. The monoisotopic (exact) mass is 368 g/mol. The van der Waals surface area contributed by atoms with Gasteiger partial charge in [0.2, 0.25) is 5.91 Å². The molecule has 0 saturated carbocycles. The standard InChI is InChI=1S/C21H24N2O4/c24-13-20(25)23-10-7-16(8-11-23)12-15-3-5-17(6-4-15)19-14-26-18-2-1-9-22-21(18)27-19/h1-6,9,16,19,24H,7-8,10-14H2/t19-/m1/s1. The second-order valence-corrected chi connectivity index (χ2v) is 7.15. The number of hydrogen-bond acceptors (Lipinski definition) is 5. The van der Waals surface area contributed by atoms with Gasteiger partial charge in [0, 0.05) is 19.3 Å². The van der Waals surface area contributed by atoms with Crippen LogP contribution in [-0.4, -0.2) is 47.2 Å². The average Bonchev–Trinajstić information content (AvgIpc) is 2.74. The molecule has 1 N–H and O–H groups in total. The summed E-state index contributed by atoms with van der Waals surface area (Å²) in [5.74, 6) is 1.64. The molecule has 142 valence electrons. The van der Waals surface area contributed by atoms with Crippen molar-refractivity contribution in [3.63, 3.8) is 0 Å². The highest BCUT2D eigenvalue weighted by Gasteiger charge is 2.24. The van der Waals surface area contributed by atoms with Gasteiger partial charge in [0.15, 0.2) is 11.9 Å². The van der Waals surface area contributed by atoms with Crippen LogP contribution in [0.1, 0.15) is 30.1 Å². The molecule has 2 aliphatic heterocycles. The normalized spacial score (nSPS) is 19.7. The molecule has 0 bridgehead atoms. The van der Waals surface area contributed by atoms with Crippen LogP contribution < -0.4 is 9.47 Å². The average molecular weight is 368 g/mol. The number of aromatic nitrogens is 1. The molecular weight excluding hydrogens is 344 g/mol. The number of benzene rings is 1. The third-order valence-corrected chi connectivity index (χ3v) is 5.36. The van der Waals surface area contributed by atoms with Crippen molar-refractivity contribution in [1.29, 1.82) is 0 Å². The van der Waals surface area contributed by atoms with Crippen molar-refractivity contribution >= 4 is 5.91 Å². The van der Waals surface area contributed by atoms with E-state index in [0.717, 1.165) is 37.9 Å². The highest BCUT2D eigenvalue weighted by atomic mass is 16.6. The Morgan fingerprint density at radius 3 is 2.70 bits per heavy atom. The van der Waals surface area contributed by atoms with Crippen molar-refractivity contribution in [3.05, 3.63) is 53.7 Å². The first-order valence-electron chi connectivity index (χ1n) is 9.45. The lowest BCUT2D eigenvalue weighted by Gasteiger charge is -2.31. The number of aliphatic hydroxyl groups excluding tert-OH is 1. The van der Waals surface area contributed by atoms with Crippen LogP contribution in [-0.2, 0) is 11.2 Å². The zero-order valence-corrected chi connectivity index (χ0v) is 15.2. The minimum atomic E-state index is -0.390. The molecule has 4 rings (SSSR count). The van der Waals surface area contributed by atoms with E-state index in [0.29, 0.717) is 24.2 Å². The van der Waals surface area contributed by atoms with E-state index < -0.39 is 0 Å². The molecule has 1 aromatic carbocycles. The minimum absolute atomic E-state index is 0.144. The van der Waals surface area contributed by atoms with Crippen LogP contribution in [0.25, 0.3) is 0 Å². The van der Waals surface area contributed by atoms with Crippen LogP contribution in [0.15, 0.2) is 42.6 Å². The van der Waals surface area contributed by atoms with Crippen LogP contribution in [0.4, 0.5) is 0 Å². The molecule has 2 aromatic rings. The van der Waals surface area contributed by atoms with E-state index in [4.69, 9.17) is 14.6 Å². The summed E-state index contributed by atoms with van der Waals surface area (Å²) in [4.78, 5) is 17.5. The number of likely N-dealkylation sites (tertiary alicyclic amines) is 1. The quantitative estimate of drug-likeness (QED) is 0.897. The Hall–Kier alpha value is -2.60. The number of amides is 1. The number of piperidine rings is 1. The van der Waals surface area contributed by atoms with Gasteiger partial charge in [0.25, 0.3) is 5.88 Å². The van der Waals surface area contributed by atoms with Crippen LogP contribution in [0, 0.1) is 5.92 Å². The molecule has 0 aliphatic carbocycles. The first-order chi connectivity index (χ1) is 13.2. The highest BCUT2D eigenvalue weighted by Crippen LogP contribution is 2.34. The Kier molecular flexibility index (Phi) is 5.25. The van der Waals surface area contributed by atoms with E-state index in [1.807, 2.05) is 12.1 Å². The molecule has 3 heterocycles. The summed E-state index contributed by atoms with van der Waals surface area (Å²) in [6, 6.07) is 12.2. The van der Waals surface area contributed by atoms with Gasteiger partial charge < -0.3 is 19.5 Å². The zero-order chi connectivity index (χ0) is 18.6. The fraction of sp³-hybridized carbons (Fsp3) is 0.429. The second kappa shape index (κ2) is 7.96. The van der Waals surface area contributed by atoms with E-state index >= 15 is 0 Å². The molecule has 1 atom stereocenters. The molecule has 1 amide bonds. The molecule has 1 saturated heterocycles. The summed E-state index contributed by atoms with van der Waals surface area (Å²) in [6.07, 6.45) is 4.53. The summed E-state index contributed by atoms with van der Waals surface area (Å²) in [6.45, 7) is 1.57. The van der Waals surface area contributed by atoms with Gasteiger partial charge in [-0.05, 0) is 48.4 Å². The first-order valence-corrected chi connectivity index (χ1v) is 9.45. The number of ether oxygens (including phenoxy) is 2. The topological polar surface area (TPSA) is 71.9 Å². The number of hydrogen-bond donors (Lipinski definition) is 1. The minimum Gasteiger partial charge on any atom is -0.484 e.